The first-order chi connectivity index (χ1) is 14.2. The molecule has 8 N–H and O–H groups in total. The number of aliphatic carboxylic acids is 2. The first kappa shape index (κ1) is 28.3. The van der Waals surface area contributed by atoms with E-state index in [4.69, 9.17) is 15.9 Å². The van der Waals surface area contributed by atoms with Gasteiger partial charge in [-0.3, -0.25) is 19.2 Å². The molecule has 6 atom stereocenters. The van der Waals surface area contributed by atoms with Gasteiger partial charge < -0.3 is 37.0 Å². The van der Waals surface area contributed by atoms with Crippen LogP contribution in [0.25, 0.3) is 0 Å². The third kappa shape index (κ3) is 9.30. The summed E-state index contributed by atoms with van der Waals surface area (Å²) in [5.41, 5.74) is 5.89. The number of amides is 3. The molecule has 0 saturated carbocycles. The predicted octanol–water partition coefficient (Wildman–Crippen LogP) is -1.59. The Labute approximate surface area is 180 Å². The van der Waals surface area contributed by atoms with Crippen LogP contribution in [-0.4, -0.2) is 75.3 Å². The van der Waals surface area contributed by atoms with Gasteiger partial charge in [0.2, 0.25) is 17.7 Å². The summed E-state index contributed by atoms with van der Waals surface area (Å²) >= 11 is 0. The minimum Gasteiger partial charge on any atom is -0.481 e. The lowest BCUT2D eigenvalue weighted by atomic mass is 9.97. The second-order valence-electron chi connectivity index (χ2n) is 7.87. The predicted molar refractivity (Wildman–Crippen MR) is 110 cm³/mol. The molecule has 0 aromatic rings. The highest BCUT2D eigenvalue weighted by molar-refractivity contribution is 5.95. The standard InChI is InChI=1S/C19H34N4O8/c1-6-9(4)13(20)16(27)22-14(8(2)3)17(28)23-15(10(5)24)18(29)21-11(19(30)31)7-12(25)26/h8-11,13-15,24H,6-7,20H2,1-5H3,(H,21,29)(H,22,27)(H,23,28)(H,25,26)(H,30,31). The number of aliphatic hydroxyl groups is 1. The van der Waals surface area contributed by atoms with Crippen LogP contribution in [0, 0.1) is 11.8 Å². The molecule has 178 valence electrons. The molecule has 0 aromatic heterocycles. The van der Waals surface area contributed by atoms with Crippen LogP contribution in [-0.2, 0) is 24.0 Å². The van der Waals surface area contributed by atoms with Crippen molar-refractivity contribution in [2.75, 3.05) is 0 Å². The Kier molecular flexibility index (Phi) is 11.7. The average Bonchev–Trinajstić information content (AvgIpc) is 2.66. The SMILES string of the molecule is CCC(C)C(N)C(=O)NC(C(=O)NC(C(=O)NC(CC(=O)O)C(=O)O)C(C)O)C(C)C. The minimum absolute atomic E-state index is 0.131. The van der Waals surface area contributed by atoms with Crippen LogP contribution in [0.3, 0.4) is 0 Å². The van der Waals surface area contributed by atoms with Crippen molar-refractivity contribution >= 4 is 29.7 Å². The Morgan fingerprint density at radius 2 is 1.32 bits per heavy atom. The van der Waals surface area contributed by atoms with Gasteiger partial charge in [-0.2, -0.15) is 0 Å². The Balaban J connectivity index is 5.41. The van der Waals surface area contributed by atoms with Crippen LogP contribution in [0.5, 0.6) is 0 Å². The van der Waals surface area contributed by atoms with E-state index in [0.29, 0.717) is 6.42 Å². The monoisotopic (exact) mass is 446 g/mol. The van der Waals surface area contributed by atoms with Gasteiger partial charge in [-0.05, 0) is 18.8 Å². The van der Waals surface area contributed by atoms with E-state index in [1.807, 2.05) is 12.2 Å². The summed E-state index contributed by atoms with van der Waals surface area (Å²) in [6, 6.07) is -5.25. The van der Waals surface area contributed by atoms with E-state index in [-0.39, 0.29) is 5.92 Å². The van der Waals surface area contributed by atoms with Crippen LogP contribution >= 0.6 is 0 Å². The average molecular weight is 447 g/mol. The third-order valence-corrected chi connectivity index (χ3v) is 4.86. The first-order valence-electron chi connectivity index (χ1n) is 10.0. The molecule has 12 heteroatoms. The van der Waals surface area contributed by atoms with Crippen LogP contribution in [0.2, 0.25) is 0 Å². The van der Waals surface area contributed by atoms with Gasteiger partial charge in [-0.15, -0.1) is 0 Å². The number of carbonyl (C=O) groups is 5. The number of nitrogens with one attached hydrogen (secondary N) is 3. The molecular weight excluding hydrogens is 412 g/mol. The molecule has 0 aromatic carbocycles. The maximum Gasteiger partial charge on any atom is 0.326 e. The molecule has 0 spiro atoms. The Hall–Kier alpha value is -2.73. The molecule has 6 unspecified atom stereocenters. The number of carbonyl (C=O) groups excluding carboxylic acids is 3. The third-order valence-electron chi connectivity index (χ3n) is 4.86. The van der Waals surface area contributed by atoms with Gasteiger partial charge in [0.05, 0.1) is 18.6 Å². The number of hydrogen-bond donors (Lipinski definition) is 7. The van der Waals surface area contributed by atoms with Crippen molar-refractivity contribution < 1.29 is 39.3 Å². The summed E-state index contributed by atoms with van der Waals surface area (Å²) in [5.74, 6) is -5.98. The fourth-order valence-electron chi connectivity index (χ4n) is 2.58. The topological polar surface area (TPSA) is 208 Å². The molecular formula is C19H34N4O8. The number of aliphatic hydroxyl groups excluding tert-OH is 1. The minimum atomic E-state index is -1.75. The lowest BCUT2D eigenvalue weighted by Gasteiger charge is -2.28. The van der Waals surface area contributed by atoms with E-state index in [9.17, 15) is 29.1 Å². The van der Waals surface area contributed by atoms with E-state index in [1.165, 1.54) is 6.92 Å². The molecule has 0 heterocycles. The molecule has 0 radical (unpaired) electrons. The lowest BCUT2D eigenvalue weighted by molar-refractivity contribution is -0.148. The van der Waals surface area contributed by atoms with Crippen LogP contribution in [0.15, 0.2) is 0 Å². The summed E-state index contributed by atoms with van der Waals surface area (Å²) in [4.78, 5) is 59.5. The second-order valence-corrected chi connectivity index (χ2v) is 7.87. The van der Waals surface area contributed by atoms with Crippen molar-refractivity contribution in [3.63, 3.8) is 0 Å². The second kappa shape index (κ2) is 12.8. The van der Waals surface area contributed by atoms with Gasteiger partial charge in [-0.25, -0.2) is 4.79 Å². The molecule has 0 aliphatic carbocycles. The largest absolute Gasteiger partial charge is 0.481 e. The van der Waals surface area contributed by atoms with E-state index < -0.39 is 72.3 Å². The van der Waals surface area contributed by atoms with E-state index in [0.717, 1.165) is 0 Å². The maximum absolute atomic E-state index is 12.7. The highest BCUT2D eigenvalue weighted by Crippen LogP contribution is 2.09. The van der Waals surface area contributed by atoms with E-state index >= 15 is 0 Å². The van der Waals surface area contributed by atoms with Gasteiger partial charge in [0.25, 0.3) is 0 Å². The van der Waals surface area contributed by atoms with Crippen LogP contribution < -0.4 is 21.7 Å². The summed E-state index contributed by atoms with van der Waals surface area (Å²) in [5, 5.41) is 34.6. The van der Waals surface area contributed by atoms with Gasteiger partial charge in [0.1, 0.15) is 18.1 Å². The van der Waals surface area contributed by atoms with Gasteiger partial charge in [0.15, 0.2) is 0 Å². The molecule has 31 heavy (non-hydrogen) atoms. The summed E-state index contributed by atoms with van der Waals surface area (Å²) in [6.45, 7) is 8.16. The molecule has 0 aliphatic heterocycles. The van der Waals surface area contributed by atoms with Crippen molar-refractivity contribution in [1.82, 2.24) is 16.0 Å². The molecule has 3 amide bonds. The zero-order valence-electron chi connectivity index (χ0n) is 18.4. The highest BCUT2D eigenvalue weighted by Gasteiger charge is 2.34. The maximum atomic E-state index is 12.7. The van der Waals surface area contributed by atoms with Crippen molar-refractivity contribution in [3.8, 4) is 0 Å². The summed E-state index contributed by atoms with van der Waals surface area (Å²) in [7, 11) is 0. The molecule has 0 fully saturated rings. The quantitative estimate of drug-likeness (QED) is 0.174. The van der Waals surface area contributed by atoms with Gasteiger partial charge >= 0.3 is 11.9 Å². The smallest absolute Gasteiger partial charge is 0.326 e. The first-order valence-corrected chi connectivity index (χ1v) is 10.0. The van der Waals surface area contributed by atoms with Crippen LogP contribution in [0.4, 0.5) is 0 Å². The zero-order valence-corrected chi connectivity index (χ0v) is 18.4. The summed E-state index contributed by atoms with van der Waals surface area (Å²) in [6.07, 6.45) is -1.67. The fourth-order valence-corrected chi connectivity index (χ4v) is 2.58. The van der Waals surface area contributed by atoms with Crippen molar-refractivity contribution in [1.29, 1.82) is 0 Å². The number of carboxylic acid groups (broad SMARTS) is 2. The van der Waals surface area contributed by atoms with E-state index in [1.54, 1.807) is 20.8 Å². The normalized spacial score (nSPS) is 16.9. The van der Waals surface area contributed by atoms with Crippen LogP contribution in [0.1, 0.15) is 47.5 Å². The number of nitrogens with two attached hydrogens (primary N) is 1. The summed E-state index contributed by atoms with van der Waals surface area (Å²) < 4.78 is 0. The fraction of sp³-hybridized carbons (Fsp3) is 0.737. The number of carboxylic acids is 2. The Morgan fingerprint density at radius 1 is 0.839 bits per heavy atom. The number of hydrogen-bond acceptors (Lipinski definition) is 7. The number of rotatable bonds is 13. The molecule has 0 bridgehead atoms. The Bertz CT molecular complexity index is 667. The van der Waals surface area contributed by atoms with Crippen molar-refractivity contribution in [2.45, 2.75) is 77.7 Å². The van der Waals surface area contributed by atoms with Gasteiger partial charge in [0, 0.05) is 0 Å². The Morgan fingerprint density at radius 3 is 1.71 bits per heavy atom. The van der Waals surface area contributed by atoms with Gasteiger partial charge in [-0.1, -0.05) is 34.1 Å². The zero-order chi connectivity index (χ0) is 24.5. The van der Waals surface area contributed by atoms with Crippen molar-refractivity contribution in [3.05, 3.63) is 0 Å². The van der Waals surface area contributed by atoms with Crippen molar-refractivity contribution in [2.24, 2.45) is 17.6 Å². The van der Waals surface area contributed by atoms with E-state index in [2.05, 4.69) is 10.6 Å². The highest BCUT2D eigenvalue weighted by atomic mass is 16.4. The molecule has 0 rings (SSSR count). The lowest BCUT2D eigenvalue weighted by Crippen LogP contribution is -2.61. The molecule has 0 aliphatic rings. The molecule has 0 saturated heterocycles. The molecule has 12 nitrogen and oxygen atoms in total.